The van der Waals surface area contributed by atoms with Crippen LogP contribution in [0, 0.1) is 5.92 Å². The van der Waals surface area contributed by atoms with E-state index in [-0.39, 0.29) is 5.78 Å². The van der Waals surface area contributed by atoms with Crippen LogP contribution in [0.2, 0.25) is 0 Å². The summed E-state index contributed by atoms with van der Waals surface area (Å²) in [4.78, 5) is 19.2. The van der Waals surface area contributed by atoms with E-state index in [0.717, 1.165) is 36.0 Å². The molecular formula is C27H32N4O3. The second-order valence-electron chi connectivity index (χ2n) is 8.94. The number of pyridine rings is 1. The van der Waals surface area contributed by atoms with Gasteiger partial charge in [0.25, 0.3) is 0 Å². The topological polar surface area (TPSA) is 73.4 Å². The van der Waals surface area contributed by atoms with Gasteiger partial charge in [0.2, 0.25) is 0 Å². The maximum absolute atomic E-state index is 12.2. The Morgan fingerprint density at radius 2 is 1.76 bits per heavy atom. The fraction of sp³-hybridized carbons (Fsp3) is 0.370. The van der Waals surface area contributed by atoms with Crippen molar-refractivity contribution >= 4 is 22.6 Å². The molecule has 1 aliphatic heterocycles. The second kappa shape index (κ2) is 10.7. The zero-order valence-electron chi connectivity index (χ0n) is 20.3. The Labute approximate surface area is 200 Å². The highest BCUT2D eigenvalue weighted by Crippen LogP contribution is 2.32. The molecule has 34 heavy (non-hydrogen) atoms. The smallest absolute Gasteiger partial charge is 0.197 e. The monoisotopic (exact) mass is 460 g/mol. The van der Waals surface area contributed by atoms with Crippen LogP contribution in [-0.2, 0) is 4.74 Å². The zero-order valence-corrected chi connectivity index (χ0v) is 20.3. The van der Waals surface area contributed by atoms with Crippen LogP contribution in [0.25, 0.3) is 28.2 Å². The number of benzene rings is 1. The van der Waals surface area contributed by atoms with Crippen molar-refractivity contribution in [2.24, 2.45) is 5.92 Å². The lowest BCUT2D eigenvalue weighted by Crippen LogP contribution is -2.36. The molecule has 178 valence electrons. The van der Waals surface area contributed by atoms with Crippen LogP contribution in [0.5, 0.6) is 0 Å². The van der Waals surface area contributed by atoms with Crippen LogP contribution >= 0.6 is 0 Å². The van der Waals surface area contributed by atoms with E-state index in [0.29, 0.717) is 42.3 Å². The predicted octanol–water partition coefficient (Wildman–Crippen LogP) is 5.77. The maximum Gasteiger partial charge on any atom is 0.197 e. The van der Waals surface area contributed by atoms with Crippen molar-refractivity contribution in [2.45, 2.75) is 34.1 Å². The number of anilines is 1. The molecule has 7 nitrogen and oxygen atoms in total. The van der Waals surface area contributed by atoms with Crippen molar-refractivity contribution in [2.75, 3.05) is 31.2 Å². The highest BCUT2D eigenvalue weighted by atomic mass is 16.5. The number of furan rings is 1. The summed E-state index contributed by atoms with van der Waals surface area (Å²) < 4.78 is 13.2. The third-order valence-corrected chi connectivity index (χ3v) is 5.29. The Morgan fingerprint density at radius 3 is 2.44 bits per heavy atom. The van der Waals surface area contributed by atoms with Gasteiger partial charge in [0.1, 0.15) is 5.52 Å². The van der Waals surface area contributed by atoms with E-state index in [2.05, 4.69) is 25.7 Å². The number of ketones is 1. The molecule has 0 N–H and O–H groups in total. The summed E-state index contributed by atoms with van der Waals surface area (Å²) in [6.07, 6.45) is 2.29. The minimum absolute atomic E-state index is 0.0343. The lowest BCUT2D eigenvalue weighted by atomic mass is 10.2. The number of hydrogen-bond donors (Lipinski definition) is 0. The summed E-state index contributed by atoms with van der Waals surface area (Å²) in [5.74, 6) is 1.83. The van der Waals surface area contributed by atoms with Crippen molar-refractivity contribution < 1.29 is 13.9 Å². The van der Waals surface area contributed by atoms with Crippen LogP contribution in [0.4, 0.5) is 5.69 Å². The lowest BCUT2D eigenvalue weighted by molar-refractivity contribution is 0.0963. The van der Waals surface area contributed by atoms with Crippen molar-refractivity contribution in [1.82, 2.24) is 14.8 Å². The van der Waals surface area contributed by atoms with Crippen molar-refractivity contribution in [3.8, 4) is 17.1 Å². The number of hydrogen-bond acceptors (Lipinski definition) is 6. The standard InChI is InChI=1S/C23H22N4O3.C4H10/c1-2-20(28)21-14-18-23(30-21)19(26-10-12-29-13-11-26)15-22(24-18)27-9-8-17(25-27)16-6-4-3-5-7-16;1-4(2)3/h3-9,14-15H,2,10-13H2,1H3;4H,1-3H3. The Morgan fingerprint density at radius 1 is 1.06 bits per heavy atom. The molecule has 1 aromatic carbocycles. The SMILES string of the molecule is CC(C)C.CCC(=O)c1cc2nc(-n3ccc(-c4ccccc4)n3)cc(N3CCOCC3)c2o1. The third-order valence-electron chi connectivity index (χ3n) is 5.29. The molecule has 1 aliphatic rings. The number of carbonyl (C=O) groups excluding carboxylic acids is 1. The summed E-state index contributed by atoms with van der Waals surface area (Å²) in [7, 11) is 0. The average molecular weight is 461 g/mol. The van der Waals surface area contributed by atoms with E-state index < -0.39 is 0 Å². The Balaban J connectivity index is 0.000000636. The van der Waals surface area contributed by atoms with Gasteiger partial charge in [0, 0.05) is 43.4 Å². The van der Waals surface area contributed by atoms with E-state index in [1.165, 1.54) is 0 Å². The van der Waals surface area contributed by atoms with Gasteiger partial charge in [-0.1, -0.05) is 58.0 Å². The van der Waals surface area contributed by atoms with Gasteiger partial charge in [0.05, 0.1) is 24.6 Å². The number of rotatable bonds is 5. The number of Topliss-reactive ketones (excluding diaryl/α,β-unsaturated/α-hetero) is 1. The summed E-state index contributed by atoms with van der Waals surface area (Å²) in [6, 6.07) is 15.7. The molecule has 1 fully saturated rings. The first-order chi connectivity index (χ1) is 16.5. The molecule has 4 heterocycles. The van der Waals surface area contributed by atoms with Crippen molar-refractivity contribution in [3.05, 3.63) is 60.5 Å². The number of nitrogens with zero attached hydrogens (tertiary/aromatic N) is 4. The molecular weight excluding hydrogens is 428 g/mol. The Bertz CT molecular complexity index is 1230. The largest absolute Gasteiger partial charge is 0.449 e. The molecule has 0 saturated carbocycles. The van der Waals surface area contributed by atoms with E-state index in [9.17, 15) is 4.79 Å². The van der Waals surface area contributed by atoms with Crippen molar-refractivity contribution in [1.29, 1.82) is 0 Å². The quantitative estimate of drug-likeness (QED) is 0.352. The fourth-order valence-electron chi connectivity index (χ4n) is 3.67. The molecule has 0 radical (unpaired) electrons. The van der Waals surface area contributed by atoms with E-state index in [1.54, 1.807) is 10.7 Å². The number of ether oxygens (including phenoxy) is 1. The number of aromatic nitrogens is 3. The molecule has 0 amide bonds. The predicted molar refractivity (Wildman–Crippen MR) is 135 cm³/mol. The first-order valence-electron chi connectivity index (χ1n) is 11.9. The van der Waals surface area contributed by atoms with Gasteiger partial charge in [-0.15, -0.1) is 0 Å². The molecule has 0 aliphatic carbocycles. The summed E-state index contributed by atoms with van der Waals surface area (Å²) in [5, 5.41) is 4.72. The molecule has 0 spiro atoms. The van der Waals surface area contributed by atoms with Crippen LogP contribution in [0.1, 0.15) is 44.7 Å². The fourth-order valence-corrected chi connectivity index (χ4v) is 3.67. The van der Waals surface area contributed by atoms with Crippen LogP contribution in [0.3, 0.4) is 0 Å². The van der Waals surface area contributed by atoms with E-state index in [1.807, 2.05) is 55.6 Å². The molecule has 1 saturated heterocycles. The zero-order chi connectivity index (χ0) is 24.1. The van der Waals surface area contributed by atoms with Crippen LogP contribution in [-0.4, -0.2) is 46.9 Å². The Hall–Kier alpha value is -3.45. The number of carbonyl (C=O) groups is 1. The molecule has 0 atom stereocenters. The van der Waals surface area contributed by atoms with Gasteiger partial charge in [-0.2, -0.15) is 5.10 Å². The molecule has 7 heteroatoms. The summed E-state index contributed by atoms with van der Waals surface area (Å²) >= 11 is 0. The molecule has 5 rings (SSSR count). The third kappa shape index (κ3) is 5.37. The van der Waals surface area contributed by atoms with Gasteiger partial charge < -0.3 is 14.1 Å². The normalized spacial score (nSPS) is 13.7. The average Bonchev–Trinajstić information content (AvgIpc) is 3.51. The number of morpholine rings is 1. The van der Waals surface area contributed by atoms with Gasteiger partial charge >= 0.3 is 0 Å². The molecule has 0 bridgehead atoms. The van der Waals surface area contributed by atoms with Crippen molar-refractivity contribution in [3.63, 3.8) is 0 Å². The van der Waals surface area contributed by atoms with Crippen LogP contribution in [0.15, 0.2) is 59.1 Å². The molecule has 3 aromatic heterocycles. The second-order valence-corrected chi connectivity index (χ2v) is 8.94. The lowest BCUT2D eigenvalue weighted by Gasteiger charge is -2.28. The molecule has 4 aromatic rings. The highest BCUT2D eigenvalue weighted by Gasteiger charge is 2.21. The molecule has 0 unspecified atom stereocenters. The van der Waals surface area contributed by atoms with Gasteiger partial charge in [-0.25, -0.2) is 9.67 Å². The van der Waals surface area contributed by atoms with E-state index >= 15 is 0 Å². The summed E-state index contributed by atoms with van der Waals surface area (Å²) in [5.41, 5.74) is 4.12. The number of fused-ring (bicyclic) bond motifs is 1. The first-order valence-corrected chi connectivity index (χ1v) is 11.9. The summed E-state index contributed by atoms with van der Waals surface area (Å²) in [6.45, 7) is 11.1. The van der Waals surface area contributed by atoms with Crippen LogP contribution < -0.4 is 4.90 Å². The van der Waals surface area contributed by atoms with Gasteiger partial charge in [-0.05, 0) is 12.0 Å². The van der Waals surface area contributed by atoms with E-state index in [4.69, 9.17) is 19.2 Å². The highest BCUT2D eigenvalue weighted by molar-refractivity contribution is 5.99. The minimum Gasteiger partial charge on any atom is -0.449 e. The minimum atomic E-state index is -0.0343. The Kier molecular flexibility index (Phi) is 7.43. The van der Waals surface area contributed by atoms with Gasteiger partial charge in [-0.3, -0.25) is 4.79 Å². The first kappa shape index (κ1) is 23.7. The van der Waals surface area contributed by atoms with Gasteiger partial charge in [0.15, 0.2) is 22.9 Å². The maximum atomic E-state index is 12.2.